The van der Waals surface area contributed by atoms with Crippen molar-refractivity contribution in [3.8, 4) is 11.5 Å². The van der Waals surface area contributed by atoms with E-state index in [0.29, 0.717) is 29.7 Å². The molecule has 2 rings (SSSR count). The lowest BCUT2D eigenvalue weighted by Gasteiger charge is -2.18. The van der Waals surface area contributed by atoms with Crippen LogP contribution in [0.2, 0.25) is 0 Å². The largest absolute Gasteiger partial charge is 0.493 e. The third kappa shape index (κ3) is 4.38. The molecule has 2 aromatic rings. The lowest BCUT2D eigenvalue weighted by molar-refractivity contribution is -0.127. The van der Waals surface area contributed by atoms with E-state index < -0.39 is 0 Å². The average molecular weight is 351 g/mol. The SMILES string of the molecule is CCn1nnnc1SCC(=O)N(C)Cc1ccc(OC)c(OC)c1. The first kappa shape index (κ1) is 18.1. The molecule has 0 fully saturated rings. The Hall–Kier alpha value is -2.29. The van der Waals surface area contributed by atoms with Gasteiger partial charge in [0.15, 0.2) is 11.5 Å². The molecule has 1 aromatic carbocycles. The molecular weight excluding hydrogens is 330 g/mol. The van der Waals surface area contributed by atoms with E-state index in [4.69, 9.17) is 9.47 Å². The number of carbonyl (C=O) groups excluding carboxylic acids is 1. The number of rotatable bonds is 8. The third-order valence-corrected chi connectivity index (χ3v) is 4.36. The summed E-state index contributed by atoms with van der Waals surface area (Å²) in [5.41, 5.74) is 0.965. The third-order valence-electron chi connectivity index (χ3n) is 3.42. The quantitative estimate of drug-likeness (QED) is 0.666. The number of methoxy groups -OCH3 is 2. The van der Waals surface area contributed by atoms with Crippen LogP contribution in [0, 0.1) is 0 Å². The lowest BCUT2D eigenvalue weighted by Crippen LogP contribution is -2.28. The number of tetrazole rings is 1. The molecule has 0 saturated carbocycles. The van der Waals surface area contributed by atoms with Gasteiger partial charge in [-0.2, -0.15) is 0 Å². The highest BCUT2D eigenvalue weighted by Gasteiger charge is 2.14. The number of thioether (sulfide) groups is 1. The number of nitrogens with zero attached hydrogens (tertiary/aromatic N) is 5. The van der Waals surface area contributed by atoms with Gasteiger partial charge in [-0.1, -0.05) is 17.8 Å². The van der Waals surface area contributed by atoms with E-state index in [9.17, 15) is 4.79 Å². The van der Waals surface area contributed by atoms with E-state index in [2.05, 4.69) is 15.5 Å². The maximum Gasteiger partial charge on any atom is 0.233 e. The first-order chi connectivity index (χ1) is 11.6. The van der Waals surface area contributed by atoms with Crippen LogP contribution < -0.4 is 9.47 Å². The van der Waals surface area contributed by atoms with Crippen molar-refractivity contribution >= 4 is 17.7 Å². The van der Waals surface area contributed by atoms with Crippen LogP contribution in [-0.4, -0.2) is 58.0 Å². The topological polar surface area (TPSA) is 82.4 Å². The minimum Gasteiger partial charge on any atom is -0.493 e. The Morgan fingerprint density at radius 1 is 1.29 bits per heavy atom. The fourth-order valence-corrected chi connectivity index (χ4v) is 2.96. The summed E-state index contributed by atoms with van der Waals surface area (Å²) < 4.78 is 12.2. The minimum absolute atomic E-state index is 0.000406. The predicted molar refractivity (Wildman–Crippen MR) is 90.2 cm³/mol. The summed E-state index contributed by atoms with van der Waals surface area (Å²) >= 11 is 1.33. The maximum atomic E-state index is 12.3. The Bertz CT molecular complexity index is 691. The number of aromatic nitrogens is 4. The van der Waals surface area contributed by atoms with Gasteiger partial charge in [-0.3, -0.25) is 4.79 Å². The first-order valence-electron chi connectivity index (χ1n) is 7.42. The zero-order valence-electron chi connectivity index (χ0n) is 14.2. The van der Waals surface area contributed by atoms with Gasteiger partial charge in [-0.15, -0.1) is 5.10 Å². The maximum absolute atomic E-state index is 12.3. The molecule has 8 nitrogen and oxygen atoms in total. The van der Waals surface area contributed by atoms with Gasteiger partial charge >= 0.3 is 0 Å². The first-order valence-corrected chi connectivity index (χ1v) is 8.41. The van der Waals surface area contributed by atoms with Crippen LogP contribution in [0.5, 0.6) is 11.5 Å². The highest BCUT2D eigenvalue weighted by Crippen LogP contribution is 2.28. The molecule has 0 atom stereocenters. The zero-order valence-corrected chi connectivity index (χ0v) is 15.0. The summed E-state index contributed by atoms with van der Waals surface area (Å²) in [5.74, 6) is 1.59. The zero-order chi connectivity index (χ0) is 17.5. The van der Waals surface area contributed by atoms with Gasteiger partial charge in [-0.25, -0.2) is 4.68 Å². The van der Waals surface area contributed by atoms with Gasteiger partial charge in [0, 0.05) is 20.1 Å². The van der Waals surface area contributed by atoms with Crippen molar-refractivity contribution in [3.05, 3.63) is 23.8 Å². The van der Waals surface area contributed by atoms with Crippen LogP contribution in [0.1, 0.15) is 12.5 Å². The molecule has 1 amide bonds. The van der Waals surface area contributed by atoms with Gasteiger partial charge in [0.1, 0.15) is 0 Å². The van der Waals surface area contributed by atoms with Gasteiger partial charge in [0.2, 0.25) is 11.1 Å². The van der Waals surface area contributed by atoms with Gasteiger partial charge in [0.05, 0.1) is 20.0 Å². The molecule has 0 unspecified atom stereocenters. The van der Waals surface area contributed by atoms with E-state index in [0.717, 1.165) is 5.56 Å². The second kappa shape index (κ2) is 8.53. The van der Waals surface area contributed by atoms with E-state index in [-0.39, 0.29) is 11.7 Å². The molecule has 1 aromatic heterocycles. The Kier molecular flexibility index (Phi) is 6.42. The van der Waals surface area contributed by atoms with Crippen molar-refractivity contribution < 1.29 is 14.3 Å². The molecule has 0 spiro atoms. The number of benzene rings is 1. The second-order valence-corrected chi connectivity index (χ2v) is 5.95. The van der Waals surface area contributed by atoms with Crippen molar-refractivity contribution in [2.45, 2.75) is 25.2 Å². The van der Waals surface area contributed by atoms with E-state index in [1.165, 1.54) is 11.8 Å². The smallest absolute Gasteiger partial charge is 0.233 e. The van der Waals surface area contributed by atoms with E-state index in [1.54, 1.807) is 30.8 Å². The number of amides is 1. The Morgan fingerprint density at radius 2 is 2.04 bits per heavy atom. The molecule has 0 aliphatic heterocycles. The number of ether oxygens (including phenoxy) is 2. The number of carbonyl (C=O) groups is 1. The predicted octanol–water partition coefficient (Wildman–Crippen LogP) is 1.46. The van der Waals surface area contributed by atoms with Crippen LogP contribution in [0.25, 0.3) is 0 Å². The Balaban J connectivity index is 1.94. The summed E-state index contributed by atoms with van der Waals surface area (Å²) in [6.45, 7) is 3.11. The van der Waals surface area contributed by atoms with E-state index in [1.807, 2.05) is 25.1 Å². The standard InChI is InChI=1S/C15H21N5O3S/c1-5-20-15(16-17-18-20)24-10-14(21)19(2)9-11-6-7-12(22-3)13(8-11)23-4/h6-8H,5,9-10H2,1-4H3. The molecule has 24 heavy (non-hydrogen) atoms. The fraction of sp³-hybridized carbons (Fsp3) is 0.467. The van der Waals surface area contributed by atoms with Crippen LogP contribution in [0.4, 0.5) is 0 Å². The lowest BCUT2D eigenvalue weighted by atomic mass is 10.2. The van der Waals surface area contributed by atoms with Crippen LogP contribution in [-0.2, 0) is 17.9 Å². The average Bonchev–Trinajstić information content (AvgIpc) is 3.06. The number of hydrogen-bond acceptors (Lipinski definition) is 7. The Labute approximate surface area is 145 Å². The summed E-state index contributed by atoms with van der Waals surface area (Å²) in [7, 11) is 4.95. The van der Waals surface area contributed by atoms with Gasteiger partial charge in [0.25, 0.3) is 0 Å². The van der Waals surface area contributed by atoms with Crippen LogP contribution >= 0.6 is 11.8 Å². The molecule has 130 valence electrons. The molecule has 0 aliphatic rings. The Morgan fingerprint density at radius 3 is 2.71 bits per heavy atom. The number of hydrogen-bond donors (Lipinski definition) is 0. The van der Waals surface area contributed by atoms with Gasteiger partial charge in [-0.05, 0) is 35.0 Å². The van der Waals surface area contributed by atoms with Crippen molar-refractivity contribution in [2.24, 2.45) is 0 Å². The van der Waals surface area contributed by atoms with E-state index >= 15 is 0 Å². The molecule has 0 bridgehead atoms. The summed E-state index contributed by atoms with van der Waals surface area (Å²) in [6.07, 6.45) is 0. The van der Waals surface area contributed by atoms with Crippen molar-refractivity contribution in [1.29, 1.82) is 0 Å². The molecule has 0 aliphatic carbocycles. The number of aryl methyl sites for hydroxylation is 1. The fourth-order valence-electron chi connectivity index (χ4n) is 2.08. The second-order valence-electron chi connectivity index (χ2n) is 5.01. The van der Waals surface area contributed by atoms with Crippen molar-refractivity contribution in [3.63, 3.8) is 0 Å². The summed E-state index contributed by atoms with van der Waals surface area (Å²) in [5, 5.41) is 12.0. The highest BCUT2D eigenvalue weighted by atomic mass is 32.2. The molecule has 1 heterocycles. The normalized spacial score (nSPS) is 10.5. The minimum atomic E-state index is 0.000406. The molecule has 0 radical (unpaired) electrons. The summed E-state index contributed by atoms with van der Waals surface area (Å²) in [4.78, 5) is 14.0. The van der Waals surface area contributed by atoms with Crippen LogP contribution in [0.15, 0.2) is 23.4 Å². The molecular formula is C15H21N5O3S. The van der Waals surface area contributed by atoms with Crippen LogP contribution in [0.3, 0.4) is 0 Å². The van der Waals surface area contributed by atoms with Gasteiger partial charge < -0.3 is 14.4 Å². The highest BCUT2D eigenvalue weighted by molar-refractivity contribution is 7.99. The summed E-state index contributed by atoms with van der Waals surface area (Å²) in [6, 6.07) is 5.61. The van der Waals surface area contributed by atoms with Crippen molar-refractivity contribution in [2.75, 3.05) is 27.0 Å². The van der Waals surface area contributed by atoms with Crippen molar-refractivity contribution in [1.82, 2.24) is 25.1 Å². The molecule has 0 N–H and O–H groups in total. The monoisotopic (exact) mass is 351 g/mol. The molecule has 9 heteroatoms. The molecule has 0 saturated heterocycles.